The SMILES string of the molecule is CC(C)(CS(=O)(=O)c1cccc2ccccc12)OC(=O)N1CCNCC1. The normalized spacial score (nSPS) is 15.8. The van der Waals surface area contributed by atoms with Crippen molar-refractivity contribution in [1.82, 2.24) is 10.2 Å². The van der Waals surface area contributed by atoms with Crippen molar-refractivity contribution < 1.29 is 17.9 Å². The van der Waals surface area contributed by atoms with Crippen LogP contribution < -0.4 is 5.32 Å². The third kappa shape index (κ3) is 4.16. The number of carbonyl (C=O) groups is 1. The van der Waals surface area contributed by atoms with Crippen molar-refractivity contribution in [3.8, 4) is 0 Å². The number of rotatable bonds is 4. The first-order valence-corrected chi connectivity index (χ1v) is 10.3. The van der Waals surface area contributed by atoms with E-state index in [9.17, 15) is 13.2 Å². The van der Waals surface area contributed by atoms with Gasteiger partial charge >= 0.3 is 6.09 Å². The highest BCUT2D eigenvalue weighted by Gasteiger charge is 2.33. The van der Waals surface area contributed by atoms with Crippen molar-refractivity contribution in [2.75, 3.05) is 31.9 Å². The van der Waals surface area contributed by atoms with Gasteiger partial charge in [0.05, 0.1) is 10.6 Å². The lowest BCUT2D eigenvalue weighted by molar-refractivity contribution is 0.0247. The van der Waals surface area contributed by atoms with Gasteiger partial charge < -0.3 is 15.0 Å². The Bertz CT molecular complexity index is 897. The number of nitrogens with one attached hydrogen (secondary N) is 1. The van der Waals surface area contributed by atoms with E-state index < -0.39 is 21.5 Å². The molecule has 1 saturated heterocycles. The Labute approximate surface area is 154 Å². The molecular formula is C19H24N2O4S. The Morgan fingerprint density at radius 3 is 2.50 bits per heavy atom. The molecule has 0 aromatic heterocycles. The molecular weight excluding hydrogens is 352 g/mol. The predicted octanol–water partition coefficient (Wildman–Crippen LogP) is 2.43. The van der Waals surface area contributed by atoms with Crippen LogP contribution >= 0.6 is 0 Å². The summed E-state index contributed by atoms with van der Waals surface area (Å²) in [5.41, 5.74) is -1.13. The van der Waals surface area contributed by atoms with Gasteiger partial charge in [0.1, 0.15) is 5.60 Å². The minimum atomic E-state index is -3.63. The maximum absolute atomic E-state index is 13.0. The van der Waals surface area contributed by atoms with Crippen LogP contribution in [0.4, 0.5) is 4.79 Å². The molecule has 0 radical (unpaired) electrons. The minimum Gasteiger partial charge on any atom is -0.442 e. The number of nitrogens with zero attached hydrogens (tertiary/aromatic N) is 1. The summed E-state index contributed by atoms with van der Waals surface area (Å²) in [7, 11) is -3.63. The molecule has 0 saturated carbocycles. The number of benzene rings is 2. The third-order valence-corrected chi connectivity index (χ3v) is 6.46. The molecule has 26 heavy (non-hydrogen) atoms. The van der Waals surface area contributed by atoms with Gasteiger partial charge in [-0.25, -0.2) is 13.2 Å². The summed E-state index contributed by atoms with van der Waals surface area (Å²) >= 11 is 0. The third-order valence-electron chi connectivity index (χ3n) is 4.36. The zero-order valence-electron chi connectivity index (χ0n) is 15.1. The number of fused-ring (bicyclic) bond motifs is 1. The zero-order valence-corrected chi connectivity index (χ0v) is 15.9. The molecule has 2 aromatic carbocycles. The second kappa shape index (κ2) is 7.25. The van der Waals surface area contributed by atoms with Crippen molar-refractivity contribution in [1.29, 1.82) is 0 Å². The van der Waals surface area contributed by atoms with E-state index in [0.717, 1.165) is 5.39 Å². The molecule has 7 heteroatoms. The molecule has 3 rings (SSSR count). The van der Waals surface area contributed by atoms with Crippen molar-refractivity contribution >= 4 is 26.7 Å². The van der Waals surface area contributed by atoms with Crippen LogP contribution in [-0.2, 0) is 14.6 Å². The molecule has 0 bridgehead atoms. The van der Waals surface area contributed by atoms with E-state index in [-0.39, 0.29) is 10.6 Å². The number of amides is 1. The summed E-state index contributed by atoms with van der Waals surface area (Å²) in [4.78, 5) is 14.2. The van der Waals surface area contributed by atoms with E-state index in [1.165, 1.54) is 0 Å². The van der Waals surface area contributed by atoms with Crippen LogP contribution in [0.5, 0.6) is 0 Å². The number of sulfone groups is 1. The molecule has 1 fully saturated rings. The first-order chi connectivity index (χ1) is 12.3. The fourth-order valence-electron chi connectivity index (χ4n) is 3.18. The summed E-state index contributed by atoms with van der Waals surface area (Å²) in [6.07, 6.45) is -0.468. The molecule has 1 amide bonds. The molecule has 140 valence electrons. The van der Waals surface area contributed by atoms with Gasteiger partial charge in [-0.15, -0.1) is 0 Å². The van der Waals surface area contributed by atoms with Gasteiger partial charge in [-0.05, 0) is 25.3 Å². The van der Waals surface area contributed by atoms with E-state index in [4.69, 9.17) is 4.74 Å². The summed E-state index contributed by atoms with van der Waals surface area (Å²) in [6, 6.07) is 12.6. The Hall–Kier alpha value is -2.12. The molecule has 1 aliphatic rings. The van der Waals surface area contributed by atoms with E-state index in [2.05, 4.69) is 5.32 Å². The van der Waals surface area contributed by atoms with E-state index in [0.29, 0.717) is 31.6 Å². The largest absolute Gasteiger partial charge is 0.442 e. The van der Waals surface area contributed by atoms with Crippen LogP contribution in [0.25, 0.3) is 10.8 Å². The van der Waals surface area contributed by atoms with Crippen molar-refractivity contribution in [3.05, 3.63) is 42.5 Å². The van der Waals surface area contributed by atoms with Crippen LogP contribution in [0, 0.1) is 0 Å². The second-order valence-electron chi connectivity index (χ2n) is 7.10. The average Bonchev–Trinajstić information content (AvgIpc) is 2.60. The number of carbonyl (C=O) groups excluding carboxylic acids is 1. The van der Waals surface area contributed by atoms with E-state index in [1.807, 2.05) is 24.3 Å². The minimum absolute atomic E-state index is 0.266. The van der Waals surface area contributed by atoms with Gasteiger partial charge in [0.25, 0.3) is 0 Å². The predicted molar refractivity (Wildman–Crippen MR) is 101 cm³/mol. The van der Waals surface area contributed by atoms with Gasteiger partial charge in [-0.3, -0.25) is 0 Å². The maximum Gasteiger partial charge on any atom is 0.410 e. The van der Waals surface area contributed by atoms with Crippen molar-refractivity contribution in [2.24, 2.45) is 0 Å². The lowest BCUT2D eigenvalue weighted by Crippen LogP contribution is -2.49. The fraction of sp³-hybridized carbons (Fsp3) is 0.421. The first-order valence-electron chi connectivity index (χ1n) is 8.68. The molecule has 0 atom stereocenters. The number of ether oxygens (including phenoxy) is 1. The topological polar surface area (TPSA) is 75.7 Å². The fourth-order valence-corrected chi connectivity index (χ4v) is 5.12. The highest BCUT2D eigenvalue weighted by atomic mass is 32.2. The van der Waals surface area contributed by atoms with Crippen molar-refractivity contribution in [2.45, 2.75) is 24.3 Å². The van der Waals surface area contributed by atoms with E-state index in [1.54, 1.807) is 36.9 Å². The van der Waals surface area contributed by atoms with Gasteiger partial charge in [0, 0.05) is 31.6 Å². The summed E-state index contributed by atoms with van der Waals surface area (Å²) in [6.45, 7) is 5.81. The zero-order chi connectivity index (χ0) is 18.8. The Balaban J connectivity index is 1.80. The smallest absolute Gasteiger partial charge is 0.410 e. The van der Waals surface area contributed by atoms with Crippen LogP contribution in [0.3, 0.4) is 0 Å². The lowest BCUT2D eigenvalue weighted by atomic mass is 10.1. The van der Waals surface area contributed by atoms with Crippen LogP contribution in [0.15, 0.2) is 47.4 Å². The van der Waals surface area contributed by atoms with Gasteiger partial charge in [-0.1, -0.05) is 36.4 Å². The summed E-state index contributed by atoms with van der Waals surface area (Å²) in [5, 5.41) is 4.71. The first kappa shape index (κ1) is 18.7. The molecule has 0 spiro atoms. The molecule has 0 aliphatic carbocycles. The van der Waals surface area contributed by atoms with Gasteiger partial charge in [0.15, 0.2) is 9.84 Å². The number of piperazine rings is 1. The molecule has 6 nitrogen and oxygen atoms in total. The summed E-state index contributed by atoms with van der Waals surface area (Å²) < 4.78 is 31.5. The average molecular weight is 376 g/mol. The number of hydrogen-bond donors (Lipinski definition) is 1. The number of hydrogen-bond acceptors (Lipinski definition) is 5. The van der Waals surface area contributed by atoms with Crippen molar-refractivity contribution in [3.63, 3.8) is 0 Å². The molecule has 1 aliphatic heterocycles. The van der Waals surface area contributed by atoms with Gasteiger partial charge in [0.2, 0.25) is 0 Å². The second-order valence-corrected chi connectivity index (χ2v) is 9.06. The van der Waals surface area contributed by atoms with Crippen LogP contribution in [0.1, 0.15) is 13.8 Å². The molecule has 2 aromatic rings. The molecule has 1 heterocycles. The van der Waals surface area contributed by atoms with Gasteiger partial charge in [-0.2, -0.15) is 0 Å². The quantitative estimate of drug-likeness (QED) is 0.887. The monoisotopic (exact) mass is 376 g/mol. The highest BCUT2D eigenvalue weighted by Crippen LogP contribution is 2.27. The molecule has 1 N–H and O–H groups in total. The van der Waals surface area contributed by atoms with E-state index >= 15 is 0 Å². The summed E-state index contributed by atoms with van der Waals surface area (Å²) in [5.74, 6) is -0.272. The Morgan fingerprint density at radius 2 is 1.77 bits per heavy atom. The standard InChI is InChI=1S/C19H24N2O4S/c1-19(2,25-18(22)21-12-10-20-11-13-21)14-26(23,24)17-9-5-7-15-6-3-4-8-16(15)17/h3-9,20H,10-14H2,1-2H3. The lowest BCUT2D eigenvalue weighted by Gasteiger charge is -2.32. The Kier molecular flexibility index (Phi) is 5.20. The van der Waals surface area contributed by atoms with Crippen LogP contribution in [0.2, 0.25) is 0 Å². The van der Waals surface area contributed by atoms with Crippen LogP contribution in [-0.4, -0.2) is 56.9 Å². The molecule has 0 unspecified atom stereocenters. The Morgan fingerprint density at radius 1 is 1.12 bits per heavy atom. The highest BCUT2D eigenvalue weighted by molar-refractivity contribution is 7.91. The maximum atomic E-state index is 13.0.